The number of ether oxygens (including phenoxy) is 1. The summed E-state index contributed by atoms with van der Waals surface area (Å²) in [5.41, 5.74) is 2.01. The van der Waals surface area contributed by atoms with Crippen LogP contribution in [0.1, 0.15) is 28.1 Å². The van der Waals surface area contributed by atoms with Crippen LogP contribution >= 0.6 is 35.3 Å². The van der Waals surface area contributed by atoms with E-state index in [-0.39, 0.29) is 29.8 Å². The molecule has 0 aliphatic rings. The Bertz CT molecular complexity index is 978. The van der Waals surface area contributed by atoms with Gasteiger partial charge in [-0.2, -0.15) is 0 Å². The second-order valence-corrected chi connectivity index (χ2v) is 7.64. The average molecular weight is 541 g/mol. The molecule has 0 amide bonds. The number of aliphatic imine (C=N–C) groups is 1. The van der Waals surface area contributed by atoms with E-state index in [4.69, 9.17) is 4.74 Å². The highest BCUT2D eigenvalue weighted by Crippen LogP contribution is 2.20. The molecule has 160 valence electrons. The molecule has 0 bridgehead atoms. The maximum atomic E-state index is 13.0. The highest BCUT2D eigenvalue weighted by molar-refractivity contribution is 14.0. The fourth-order valence-corrected chi connectivity index (χ4v) is 3.52. The summed E-state index contributed by atoms with van der Waals surface area (Å²) in [5.74, 6) is 1.40. The molecule has 0 aliphatic carbocycles. The predicted molar refractivity (Wildman–Crippen MR) is 129 cm³/mol. The Labute approximate surface area is 197 Å². The van der Waals surface area contributed by atoms with Crippen molar-refractivity contribution in [2.75, 3.05) is 6.54 Å². The summed E-state index contributed by atoms with van der Waals surface area (Å²) < 4.78 is 18.7. The molecular formula is C21H25FIN5OS. The van der Waals surface area contributed by atoms with E-state index in [1.807, 2.05) is 32.9 Å². The topological polar surface area (TPSA) is 71.4 Å². The summed E-state index contributed by atoms with van der Waals surface area (Å²) in [6, 6.07) is 9.55. The van der Waals surface area contributed by atoms with Crippen molar-refractivity contribution >= 4 is 41.3 Å². The monoisotopic (exact) mass is 541 g/mol. The molecule has 0 saturated carbocycles. The van der Waals surface area contributed by atoms with Crippen LogP contribution in [0, 0.1) is 19.7 Å². The molecule has 6 nitrogen and oxygen atoms in total. The summed E-state index contributed by atoms with van der Waals surface area (Å²) in [4.78, 5) is 14.5. The van der Waals surface area contributed by atoms with Gasteiger partial charge in [-0.15, -0.1) is 35.3 Å². The van der Waals surface area contributed by atoms with Crippen LogP contribution in [0.5, 0.6) is 11.6 Å². The predicted octanol–water partition coefficient (Wildman–Crippen LogP) is 4.96. The standard InChI is InChI=1S/C21H24FN5OS.HI/c1-4-23-21(26-13-19-14(2)27-15(3)29-19)25-12-16-9-10-24-20(11-16)28-18-7-5-17(22)6-8-18;/h5-11H,4,12-13H2,1-3H3,(H2,23,25,26);1H. The third kappa shape index (κ3) is 7.21. The highest BCUT2D eigenvalue weighted by atomic mass is 127. The fourth-order valence-electron chi connectivity index (χ4n) is 2.64. The SMILES string of the molecule is CCNC(=NCc1ccnc(Oc2ccc(F)cc2)c1)NCc1sc(C)nc1C.I. The number of nitrogens with zero attached hydrogens (tertiary/aromatic N) is 3. The normalized spacial score (nSPS) is 11.0. The Morgan fingerprint density at radius 1 is 1.17 bits per heavy atom. The number of rotatable bonds is 7. The van der Waals surface area contributed by atoms with Crippen LogP contribution < -0.4 is 15.4 Å². The molecule has 2 aromatic heterocycles. The molecule has 9 heteroatoms. The quantitative estimate of drug-likeness (QED) is 0.252. The van der Waals surface area contributed by atoms with Gasteiger partial charge in [-0.25, -0.2) is 19.4 Å². The summed E-state index contributed by atoms with van der Waals surface area (Å²) >= 11 is 1.69. The number of hydrogen-bond acceptors (Lipinski definition) is 5. The van der Waals surface area contributed by atoms with Gasteiger partial charge in [-0.3, -0.25) is 0 Å². The van der Waals surface area contributed by atoms with Gasteiger partial charge in [-0.1, -0.05) is 0 Å². The number of thiazole rings is 1. The third-order valence-corrected chi connectivity index (χ3v) is 5.09. The molecule has 0 unspecified atom stereocenters. The van der Waals surface area contributed by atoms with E-state index < -0.39 is 0 Å². The van der Waals surface area contributed by atoms with E-state index in [0.29, 0.717) is 24.7 Å². The van der Waals surface area contributed by atoms with Gasteiger partial charge < -0.3 is 15.4 Å². The van der Waals surface area contributed by atoms with E-state index in [2.05, 4.69) is 25.6 Å². The van der Waals surface area contributed by atoms with Crippen molar-refractivity contribution in [3.63, 3.8) is 0 Å². The van der Waals surface area contributed by atoms with Crippen LogP contribution in [0.4, 0.5) is 4.39 Å². The second-order valence-electron chi connectivity index (χ2n) is 6.35. The number of aromatic nitrogens is 2. The zero-order valence-corrected chi connectivity index (χ0v) is 20.3. The van der Waals surface area contributed by atoms with Crippen molar-refractivity contribution in [1.29, 1.82) is 0 Å². The molecule has 0 saturated heterocycles. The Kier molecular flexibility index (Phi) is 9.44. The van der Waals surface area contributed by atoms with Crippen LogP contribution in [0.3, 0.4) is 0 Å². The number of hydrogen-bond donors (Lipinski definition) is 2. The van der Waals surface area contributed by atoms with E-state index in [1.54, 1.807) is 29.7 Å². The lowest BCUT2D eigenvalue weighted by atomic mass is 10.2. The summed E-state index contributed by atoms with van der Waals surface area (Å²) in [6.45, 7) is 7.97. The minimum absolute atomic E-state index is 0. The van der Waals surface area contributed by atoms with Gasteiger partial charge >= 0.3 is 0 Å². The van der Waals surface area contributed by atoms with Crippen LogP contribution in [-0.2, 0) is 13.1 Å². The van der Waals surface area contributed by atoms with Crippen molar-refractivity contribution < 1.29 is 9.13 Å². The zero-order valence-electron chi connectivity index (χ0n) is 17.1. The van der Waals surface area contributed by atoms with Gasteiger partial charge in [-0.05, 0) is 56.7 Å². The van der Waals surface area contributed by atoms with Gasteiger partial charge in [0.1, 0.15) is 11.6 Å². The van der Waals surface area contributed by atoms with Crippen LogP contribution in [-0.4, -0.2) is 22.5 Å². The third-order valence-electron chi connectivity index (χ3n) is 4.02. The first kappa shape index (κ1) is 24.0. The first-order valence-corrected chi connectivity index (χ1v) is 10.2. The molecule has 3 rings (SSSR count). The molecule has 0 spiro atoms. The minimum Gasteiger partial charge on any atom is -0.439 e. The minimum atomic E-state index is -0.305. The van der Waals surface area contributed by atoms with Crippen molar-refractivity contribution in [3.8, 4) is 11.6 Å². The number of guanidine groups is 1. The lowest BCUT2D eigenvalue weighted by molar-refractivity contribution is 0.460. The lowest BCUT2D eigenvalue weighted by Crippen LogP contribution is -2.36. The maximum absolute atomic E-state index is 13.0. The van der Waals surface area contributed by atoms with E-state index in [9.17, 15) is 4.39 Å². The van der Waals surface area contributed by atoms with Crippen molar-refractivity contribution in [3.05, 3.63) is 69.6 Å². The van der Waals surface area contributed by atoms with Crippen molar-refractivity contribution in [1.82, 2.24) is 20.6 Å². The Balaban J connectivity index is 0.00000320. The number of nitrogens with one attached hydrogen (secondary N) is 2. The molecule has 0 radical (unpaired) electrons. The largest absolute Gasteiger partial charge is 0.439 e. The summed E-state index contributed by atoms with van der Waals surface area (Å²) in [7, 11) is 0. The van der Waals surface area contributed by atoms with Gasteiger partial charge in [0.05, 0.1) is 23.8 Å². The number of halogens is 2. The van der Waals surface area contributed by atoms with Crippen molar-refractivity contribution in [2.45, 2.75) is 33.9 Å². The number of aryl methyl sites for hydroxylation is 2. The fraction of sp³-hybridized carbons (Fsp3) is 0.286. The van der Waals surface area contributed by atoms with E-state index >= 15 is 0 Å². The molecule has 30 heavy (non-hydrogen) atoms. The first-order chi connectivity index (χ1) is 14.0. The Morgan fingerprint density at radius 3 is 2.60 bits per heavy atom. The smallest absolute Gasteiger partial charge is 0.219 e. The molecule has 2 N–H and O–H groups in total. The number of benzene rings is 1. The summed E-state index contributed by atoms with van der Waals surface area (Å²) in [6.07, 6.45) is 1.67. The van der Waals surface area contributed by atoms with Gasteiger partial charge in [0.25, 0.3) is 0 Å². The molecule has 2 heterocycles. The molecule has 1 aromatic carbocycles. The maximum Gasteiger partial charge on any atom is 0.219 e. The second kappa shape index (κ2) is 11.8. The molecule has 0 fully saturated rings. The molecule has 3 aromatic rings. The first-order valence-electron chi connectivity index (χ1n) is 9.37. The van der Waals surface area contributed by atoms with Gasteiger partial charge in [0, 0.05) is 23.7 Å². The van der Waals surface area contributed by atoms with Crippen LogP contribution in [0.25, 0.3) is 0 Å². The zero-order chi connectivity index (χ0) is 20.6. The Hall–Kier alpha value is -2.27. The van der Waals surface area contributed by atoms with E-state index in [1.165, 1.54) is 17.0 Å². The number of pyridine rings is 1. The van der Waals surface area contributed by atoms with E-state index in [0.717, 1.165) is 28.8 Å². The highest BCUT2D eigenvalue weighted by Gasteiger charge is 2.06. The van der Waals surface area contributed by atoms with Gasteiger partial charge in [0.2, 0.25) is 5.88 Å². The van der Waals surface area contributed by atoms with Crippen LogP contribution in [0.15, 0.2) is 47.6 Å². The Morgan fingerprint density at radius 2 is 1.93 bits per heavy atom. The molecule has 0 aliphatic heterocycles. The summed E-state index contributed by atoms with van der Waals surface area (Å²) in [5, 5.41) is 7.66. The molecule has 0 atom stereocenters. The van der Waals surface area contributed by atoms with Crippen LogP contribution in [0.2, 0.25) is 0 Å². The van der Waals surface area contributed by atoms with Crippen molar-refractivity contribution in [2.24, 2.45) is 4.99 Å². The average Bonchev–Trinajstić information content (AvgIpc) is 3.03. The lowest BCUT2D eigenvalue weighted by Gasteiger charge is -2.11. The van der Waals surface area contributed by atoms with Gasteiger partial charge in [0.15, 0.2) is 5.96 Å². The molecular weight excluding hydrogens is 516 g/mol.